The van der Waals surface area contributed by atoms with Crippen molar-refractivity contribution in [1.29, 1.82) is 0 Å². The van der Waals surface area contributed by atoms with Crippen molar-refractivity contribution in [1.82, 2.24) is 0 Å². The van der Waals surface area contributed by atoms with E-state index in [1.807, 2.05) is 42.5 Å². The molecule has 0 saturated carbocycles. The zero-order valence-corrected chi connectivity index (χ0v) is 11.7. The van der Waals surface area contributed by atoms with Crippen LogP contribution in [0.1, 0.15) is 11.1 Å². The Labute approximate surface area is 119 Å². The zero-order chi connectivity index (χ0) is 14.2. The molecule has 0 radical (unpaired) electrons. The fourth-order valence-electron chi connectivity index (χ4n) is 2.03. The summed E-state index contributed by atoms with van der Waals surface area (Å²) in [5.74, 6) is 0.812. The van der Waals surface area contributed by atoms with Crippen LogP contribution in [0.4, 0.5) is 0 Å². The lowest BCUT2D eigenvalue weighted by molar-refractivity contribution is 0.0323. The number of aliphatic hydroxyl groups is 1. The van der Waals surface area contributed by atoms with Gasteiger partial charge >= 0.3 is 0 Å². The second-order valence-electron chi connectivity index (χ2n) is 4.69. The minimum absolute atomic E-state index is 0.236. The van der Waals surface area contributed by atoms with E-state index < -0.39 is 6.10 Å². The molecule has 0 amide bonds. The minimum Gasteiger partial charge on any atom is -0.491 e. The molecule has 0 spiro atoms. The van der Waals surface area contributed by atoms with Gasteiger partial charge in [0.1, 0.15) is 18.5 Å². The molecule has 20 heavy (non-hydrogen) atoms. The molecule has 0 heterocycles. The van der Waals surface area contributed by atoms with Crippen molar-refractivity contribution in [2.24, 2.45) is 0 Å². The molecule has 0 aliphatic carbocycles. The van der Waals surface area contributed by atoms with E-state index in [0.29, 0.717) is 0 Å². The molecule has 3 heteroatoms. The summed E-state index contributed by atoms with van der Waals surface area (Å²) in [6.45, 7) is 0.514. The lowest BCUT2D eigenvalue weighted by Gasteiger charge is -2.14. The molecular weight excluding hydrogens is 252 g/mol. The van der Waals surface area contributed by atoms with Gasteiger partial charge in [-0.05, 0) is 17.2 Å². The van der Waals surface area contributed by atoms with E-state index in [4.69, 9.17) is 9.47 Å². The summed E-state index contributed by atoms with van der Waals surface area (Å²) < 4.78 is 10.6. The van der Waals surface area contributed by atoms with E-state index in [2.05, 4.69) is 12.1 Å². The fourth-order valence-corrected chi connectivity index (χ4v) is 2.03. The van der Waals surface area contributed by atoms with Crippen LogP contribution in [-0.2, 0) is 11.2 Å². The number of rotatable bonds is 7. The van der Waals surface area contributed by atoms with Crippen LogP contribution in [0.2, 0.25) is 0 Å². The topological polar surface area (TPSA) is 38.7 Å². The summed E-state index contributed by atoms with van der Waals surface area (Å²) in [6, 6.07) is 18.2. The molecule has 2 rings (SSSR count). The van der Waals surface area contributed by atoms with Gasteiger partial charge in [-0.2, -0.15) is 0 Å². The first-order valence-electron chi connectivity index (χ1n) is 6.71. The SMILES string of the molecule is COC[C@@H](O)COc1ccccc1Cc1ccccc1. The van der Waals surface area contributed by atoms with Gasteiger partial charge in [0.25, 0.3) is 0 Å². The number of para-hydroxylation sites is 1. The van der Waals surface area contributed by atoms with Gasteiger partial charge in [0, 0.05) is 13.5 Å². The predicted molar refractivity (Wildman–Crippen MR) is 79.1 cm³/mol. The van der Waals surface area contributed by atoms with Gasteiger partial charge in [0.2, 0.25) is 0 Å². The smallest absolute Gasteiger partial charge is 0.122 e. The molecule has 0 fully saturated rings. The van der Waals surface area contributed by atoms with Crippen LogP contribution in [0, 0.1) is 0 Å². The molecule has 0 saturated heterocycles. The van der Waals surface area contributed by atoms with Gasteiger partial charge in [-0.25, -0.2) is 0 Å². The normalized spacial score (nSPS) is 12.1. The van der Waals surface area contributed by atoms with Crippen molar-refractivity contribution in [2.75, 3.05) is 20.3 Å². The van der Waals surface area contributed by atoms with Gasteiger partial charge in [-0.1, -0.05) is 48.5 Å². The Morgan fingerprint density at radius 1 is 0.950 bits per heavy atom. The predicted octanol–water partition coefficient (Wildman–Crippen LogP) is 2.66. The van der Waals surface area contributed by atoms with E-state index in [1.165, 1.54) is 5.56 Å². The molecule has 0 aliphatic rings. The lowest BCUT2D eigenvalue weighted by Crippen LogP contribution is -2.22. The van der Waals surface area contributed by atoms with Crippen LogP contribution in [0.15, 0.2) is 54.6 Å². The largest absolute Gasteiger partial charge is 0.491 e. The number of aliphatic hydroxyl groups excluding tert-OH is 1. The molecule has 0 bridgehead atoms. The van der Waals surface area contributed by atoms with Crippen LogP contribution >= 0.6 is 0 Å². The fraction of sp³-hybridized carbons (Fsp3) is 0.294. The second kappa shape index (κ2) is 7.68. The molecule has 0 aliphatic heterocycles. The molecule has 1 N–H and O–H groups in total. The van der Waals surface area contributed by atoms with Crippen LogP contribution in [0.5, 0.6) is 5.75 Å². The highest BCUT2D eigenvalue weighted by atomic mass is 16.5. The van der Waals surface area contributed by atoms with Crippen molar-refractivity contribution in [3.8, 4) is 5.75 Å². The Morgan fingerprint density at radius 2 is 1.65 bits per heavy atom. The van der Waals surface area contributed by atoms with E-state index in [0.717, 1.165) is 17.7 Å². The average Bonchev–Trinajstić information content (AvgIpc) is 2.48. The van der Waals surface area contributed by atoms with Crippen molar-refractivity contribution in [3.63, 3.8) is 0 Å². The van der Waals surface area contributed by atoms with Crippen LogP contribution in [0.25, 0.3) is 0 Å². The molecular formula is C17H20O3. The molecule has 2 aromatic carbocycles. The summed E-state index contributed by atoms with van der Waals surface area (Å²) in [5.41, 5.74) is 2.35. The Morgan fingerprint density at radius 3 is 2.40 bits per heavy atom. The standard InChI is InChI=1S/C17H20O3/c1-19-12-16(18)13-20-17-10-6-5-9-15(17)11-14-7-3-2-4-8-14/h2-10,16,18H,11-13H2,1H3/t16-/m1/s1. The molecule has 0 aromatic heterocycles. The Balaban J connectivity index is 2.02. The number of benzene rings is 2. The third-order valence-electron chi connectivity index (χ3n) is 3.00. The van der Waals surface area contributed by atoms with Gasteiger partial charge < -0.3 is 14.6 Å². The quantitative estimate of drug-likeness (QED) is 0.842. The lowest BCUT2D eigenvalue weighted by atomic mass is 10.0. The van der Waals surface area contributed by atoms with Crippen LogP contribution < -0.4 is 4.74 Å². The van der Waals surface area contributed by atoms with E-state index in [9.17, 15) is 5.11 Å². The van der Waals surface area contributed by atoms with E-state index in [1.54, 1.807) is 7.11 Å². The minimum atomic E-state index is -0.607. The summed E-state index contributed by atoms with van der Waals surface area (Å²) in [4.78, 5) is 0. The molecule has 1 atom stereocenters. The summed E-state index contributed by atoms with van der Waals surface area (Å²) >= 11 is 0. The second-order valence-corrected chi connectivity index (χ2v) is 4.69. The van der Waals surface area contributed by atoms with Crippen molar-refractivity contribution >= 4 is 0 Å². The number of methoxy groups -OCH3 is 1. The number of ether oxygens (including phenoxy) is 2. The van der Waals surface area contributed by atoms with Crippen molar-refractivity contribution < 1.29 is 14.6 Å². The van der Waals surface area contributed by atoms with Crippen molar-refractivity contribution in [3.05, 3.63) is 65.7 Å². The summed E-state index contributed by atoms with van der Waals surface area (Å²) in [6.07, 6.45) is 0.210. The molecule has 0 unspecified atom stereocenters. The van der Waals surface area contributed by atoms with Gasteiger partial charge in [-0.15, -0.1) is 0 Å². The van der Waals surface area contributed by atoms with E-state index >= 15 is 0 Å². The average molecular weight is 272 g/mol. The van der Waals surface area contributed by atoms with Gasteiger partial charge in [0.05, 0.1) is 6.61 Å². The maximum atomic E-state index is 9.64. The number of hydrogen-bond donors (Lipinski definition) is 1. The molecule has 2 aromatic rings. The highest BCUT2D eigenvalue weighted by molar-refractivity contribution is 5.37. The first-order chi connectivity index (χ1) is 9.79. The highest BCUT2D eigenvalue weighted by Crippen LogP contribution is 2.21. The Hall–Kier alpha value is -1.84. The summed E-state index contributed by atoms with van der Waals surface area (Å²) in [5, 5.41) is 9.64. The number of hydrogen-bond acceptors (Lipinski definition) is 3. The van der Waals surface area contributed by atoms with Gasteiger partial charge in [0.15, 0.2) is 0 Å². The Kier molecular flexibility index (Phi) is 5.59. The van der Waals surface area contributed by atoms with Crippen molar-refractivity contribution in [2.45, 2.75) is 12.5 Å². The van der Waals surface area contributed by atoms with E-state index in [-0.39, 0.29) is 13.2 Å². The summed E-state index contributed by atoms with van der Waals surface area (Å²) in [7, 11) is 1.56. The zero-order valence-electron chi connectivity index (χ0n) is 11.7. The van der Waals surface area contributed by atoms with Crippen LogP contribution in [-0.4, -0.2) is 31.5 Å². The third kappa shape index (κ3) is 4.37. The third-order valence-corrected chi connectivity index (χ3v) is 3.00. The maximum absolute atomic E-state index is 9.64. The maximum Gasteiger partial charge on any atom is 0.122 e. The molecule has 3 nitrogen and oxygen atoms in total. The first kappa shape index (κ1) is 14.6. The first-order valence-corrected chi connectivity index (χ1v) is 6.71. The van der Waals surface area contributed by atoms with Gasteiger partial charge in [-0.3, -0.25) is 0 Å². The molecule has 106 valence electrons. The van der Waals surface area contributed by atoms with Crippen LogP contribution in [0.3, 0.4) is 0 Å². The monoisotopic (exact) mass is 272 g/mol. The Bertz CT molecular complexity index is 511. The highest BCUT2D eigenvalue weighted by Gasteiger charge is 2.08.